The quantitative estimate of drug-likeness (QED) is 0.451. The summed E-state index contributed by atoms with van der Waals surface area (Å²) in [5.74, 6) is 0.609. The Labute approximate surface area is 49.3 Å². The van der Waals surface area contributed by atoms with E-state index < -0.39 is 0 Å². The molecule has 0 N–H and O–H groups in total. The minimum absolute atomic E-state index is 0.609. The lowest BCUT2D eigenvalue weighted by molar-refractivity contribution is 0.730. The minimum atomic E-state index is 0.609. The SMILES string of the molecule is CC1C=NN=CCC1. The van der Waals surface area contributed by atoms with Gasteiger partial charge < -0.3 is 0 Å². The zero-order valence-electron chi connectivity index (χ0n) is 5.04. The predicted molar refractivity (Wildman–Crippen MR) is 35.4 cm³/mol. The third-order valence-electron chi connectivity index (χ3n) is 1.22. The fourth-order valence-corrected chi connectivity index (χ4v) is 0.669. The normalized spacial score (nSPS) is 27.9. The molecule has 1 heterocycles. The highest BCUT2D eigenvalue weighted by Crippen LogP contribution is 2.03. The van der Waals surface area contributed by atoms with Gasteiger partial charge in [0.05, 0.1) is 0 Å². The van der Waals surface area contributed by atoms with Crippen LogP contribution in [0, 0.1) is 5.92 Å². The van der Waals surface area contributed by atoms with Gasteiger partial charge in [0.15, 0.2) is 0 Å². The maximum absolute atomic E-state index is 3.80. The molecule has 1 unspecified atom stereocenters. The third kappa shape index (κ3) is 1.45. The highest BCUT2D eigenvalue weighted by atomic mass is 15.2. The molecule has 8 heavy (non-hydrogen) atoms. The molecule has 0 saturated heterocycles. The molecular formula is C6H10N2. The molecule has 1 aliphatic rings. The standard InChI is InChI=1S/C6H10N2/c1-6-3-2-4-7-8-5-6/h4-6H,2-3H2,1H3. The summed E-state index contributed by atoms with van der Waals surface area (Å²) in [6.45, 7) is 2.15. The molecule has 1 rings (SSSR count). The average Bonchev–Trinajstić information content (AvgIpc) is 1.94. The number of rotatable bonds is 0. The van der Waals surface area contributed by atoms with Crippen LogP contribution in [-0.4, -0.2) is 12.4 Å². The molecule has 0 spiro atoms. The predicted octanol–water partition coefficient (Wildman–Crippen LogP) is 1.47. The van der Waals surface area contributed by atoms with Crippen LogP contribution in [0.4, 0.5) is 0 Å². The van der Waals surface area contributed by atoms with Crippen molar-refractivity contribution in [3.05, 3.63) is 0 Å². The first-order valence-corrected chi connectivity index (χ1v) is 2.94. The second-order valence-corrected chi connectivity index (χ2v) is 2.12. The smallest absolute Gasteiger partial charge is 0.0298 e. The van der Waals surface area contributed by atoms with Crippen LogP contribution < -0.4 is 0 Å². The minimum Gasteiger partial charge on any atom is -0.164 e. The van der Waals surface area contributed by atoms with Crippen LogP contribution in [0.5, 0.6) is 0 Å². The van der Waals surface area contributed by atoms with E-state index in [0.717, 1.165) is 6.42 Å². The Morgan fingerprint density at radius 1 is 1.50 bits per heavy atom. The number of hydrogen-bond acceptors (Lipinski definition) is 2. The lowest BCUT2D eigenvalue weighted by Crippen LogP contribution is -1.92. The zero-order valence-corrected chi connectivity index (χ0v) is 5.04. The maximum atomic E-state index is 3.80. The van der Waals surface area contributed by atoms with Gasteiger partial charge in [0.25, 0.3) is 0 Å². The van der Waals surface area contributed by atoms with Crippen LogP contribution in [-0.2, 0) is 0 Å². The maximum Gasteiger partial charge on any atom is 0.0298 e. The van der Waals surface area contributed by atoms with E-state index in [4.69, 9.17) is 0 Å². The van der Waals surface area contributed by atoms with E-state index in [1.165, 1.54) is 6.42 Å². The lowest BCUT2D eigenvalue weighted by Gasteiger charge is -1.95. The summed E-state index contributed by atoms with van der Waals surface area (Å²) in [6.07, 6.45) is 6.01. The van der Waals surface area contributed by atoms with Crippen molar-refractivity contribution in [2.45, 2.75) is 19.8 Å². The van der Waals surface area contributed by atoms with Gasteiger partial charge in [0, 0.05) is 12.4 Å². The summed E-state index contributed by atoms with van der Waals surface area (Å²) in [5, 5.41) is 7.56. The van der Waals surface area contributed by atoms with Crippen molar-refractivity contribution in [1.29, 1.82) is 0 Å². The molecule has 0 saturated carbocycles. The van der Waals surface area contributed by atoms with Crippen molar-refractivity contribution in [3.8, 4) is 0 Å². The van der Waals surface area contributed by atoms with E-state index in [2.05, 4.69) is 17.1 Å². The number of hydrogen-bond donors (Lipinski definition) is 0. The summed E-state index contributed by atoms with van der Waals surface area (Å²) in [5.41, 5.74) is 0. The molecule has 1 atom stereocenters. The fraction of sp³-hybridized carbons (Fsp3) is 0.667. The highest BCUT2D eigenvalue weighted by molar-refractivity contribution is 5.66. The molecule has 0 aliphatic carbocycles. The largest absolute Gasteiger partial charge is 0.164 e. The Morgan fingerprint density at radius 3 is 3.25 bits per heavy atom. The molecule has 0 radical (unpaired) electrons. The first kappa shape index (κ1) is 5.48. The van der Waals surface area contributed by atoms with E-state index in [-0.39, 0.29) is 0 Å². The summed E-state index contributed by atoms with van der Waals surface area (Å²) in [4.78, 5) is 0. The van der Waals surface area contributed by atoms with Gasteiger partial charge in [-0.05, 0) is 18.8 Å². The monoisotopic (exact) mass is 110 g/mol. The van der Waals surface area contributed by atoms with Gasteiger partial charge in [0.1, 0.15) is 0 Å². The summed E-state index contributed by atoms with van der Waals surface area (Å²) >= 11 is 0. The van der Waals surface area contributed by atoms with Gasteiger partial charge in [-0.15, -0.1) is 0 Å². The molecule has 0 aromatic carbocycles. The molecule has 2 nitrogen and oxygen atoms in total. The molecule has 1 aliphatic heterocycles. The molecular weight excluding hydrogens is 100 g/mol. The van der Waals surface area contributed by atoms with Gasteiger partial charge in [0.2, 0.25) is 0 Å². The van der Waals surface area contributed by atoms with Crippen LogP contribution in [0.25, 0.3) is 0 Å². The van der Waals surface area contributed by atoms with E-state index in [1.54, 1.807) is 0 Å². The lowest BCUT2D eigenvalue weighted by atomic mass is 10.1. The fourth-order valence-electron chi connectivity index (χ4n) is 0.669. The van der Waals surface area contributed by atoms with E-state index in [0.29, 0.717) is 5.92 Å². The summed E-state index contributed by atoms with van der Waals surface area (Å²) in [6, 6.07) is 0. The van der Waals surface area contributed by atoms with Crippen molar-refractivity contribution in [2.75, 3.05) is 0 Å². The average molecular weight is 110 g/mol. The van der Waals surface area contributed by atoms with E-state index in [9.17, 15) is 0 Å². The van der Waals surface area contributed by atoms with Crippen molar-refractivity contribution in [1.82, 2.24) is 0 Å². The van der Waals surface area contributed by atoms with Gasteiger partial charge in [-0.1, -0.05) is 6.92 Å². The Balaban J connectivity index is 2.46. The molecule has 2 heteroatoms. The summed E-state index contributed by atoms with van der Waals surface area (Å²) < 4.78 is 0. The first-order valence-electron chi connectivity index (χ1n) is 2.94. The molecule has 0 amide bonds. The molecule has 0 fully saturated rings. The van der Waals surface area contributed by atoms with Crippen LogP contribution >= 0.6 is 0 Å². The van der Waals surface area contributed by atoms with Crippen LogP contribution in [0.2, 0.25) is 0 Å². The Kier molecular flexibility index (Phi) is 1.78. The van der Waals surface area contributed by atoms with Crippen molar-refractivity contribution >= 4 is 12.4 Å². The molecule has 44 valence electrons. The van der Waals surface area contributed by atoms with E-state index in [1.807, 2.05) is 12.4 Å². The topological polar surface area (TPSA) is 24.7 Å². The highest BCUT2D eigenvalue weighted by Gasteiger charge is 1.97. The Hall–Kier alpha value is -0.660. The summed E-state index contributed by atoms with van der Waals surface area (Å²) in [7, 11) is 0. The van der Waals surface area contributed by atoms with Crippen LogP contribution in [0.15, 0.2) is 10.2 Å². The first-order chi connectivity index (χ1) is 3.89. The second kappa shape index (κ2) is 2.60. The van der Waals surface area contributed by atoms with Gasteiger partial charge in [-0.2, -0.15) is 10.2 Å². The Bertz CT molecular complexity index is 116. The second-order valence-electron chi connectivity index (χ2n) is 2.12. The van der Waals surface area contributed by atoms with Gasteiger partial charge in [-0.25, -0.2) is 0 Å². The van der Waals surface area contributed by atoms with Gasteiger partial charge >= 0.3 is 0 Å². The molecule has 0 aromatic heterocycles. The zero-order chi connectivity index (χ0) is 5.82. The molecule has 0 bridgehead atoms. The van der Waals surface area contributed by atoms with Crippen molar-refractivity contribution < 1.29 is 0 Å². The van der Waals surface area contributed by atoms with Crippen LogP contribution in [0.1, 0.15) is 19.8 Å². The van der Waals surface area contributed by atoms with Crippen molar-refractivity contribution in [3.63, 3.8) is 0 Å². The van der Waals surface area contributed by atoms with Gasteiger partial charge in [-0.3, -0.25) is 0 Å². The van der Waals surface area contributed by atoms with E-state index >= 15 is 0 Å². The Morgan fingerprint density at radius 2 is 2.38 bits per heavy atom. The van der Waals surface area contributed by atoms with Crippen molar-refractivity contribution in [2.24, 2.45) is 16.1 Å². The van der Waals surface area contributed by atoms with Crippen LogP contribution in [0.3, 0.4) is 0 Å². The third-order valence-corrected chi connectivity index (χ3v) is 1.22. The molecule has 0 aromatic rings. The number of nitrogens with zero attached hydrogens (tertiary/aromatic N) is 2.